The summed E-state index contributed by atoms with van der Waals surface area (Å²) < 4.78 is 0. The second-order valence-electron chi connectivity index (χ2n) is 3.52. The molecular formula is C13H12N2OS. The van der Waals surface area contributed by atoms with Crippen molar-refractivity contribution in [3.05, 3.63) is 53.0 Å². The fraction of sp³-hybridized carbons (Fsp3) is 0.0769. The van der Waals surface area contributed by atoms with Crippen LogP contribution in [0.1, 0.15) is 11.1 Å². The van der Waals surface area contributed by atoms with Gasteiger partial charge in [0, 0.05) is 17.7 Å². The molecule has 17 heavy (non-hydrogen) atoms. The van der Waals surface area contributed by atoms with Crippen LogP contribution in [-0.2, 0) is 4.79 Å². The van der Waals surface area contributed by atoms with Crippen LogP contribution in [0.15, 0.2) is 41.9 Å². The van der Waals surface area contributed by atoms with E-state index < -0.39 is 0 Å². The van der Waals surface area contributed by atoms with Gasteiger partial charge in [0.1, 0.15) is 0 Å². The van der Waals surface area contributed by atoms with E-state index in [2.05, 4.69) is 10.3 Å². The molecule has 1 heterocycles. The van der Waals surface area contributed by atoms with Gasteiger partial charge in [-0.15, -0.1) is 11.3 Å². The molecule has 0 saturated heterocycles. The first-order valence-electron chi connectivity index (χ1n) is 5.20. The molecule has 2 rings (SSSR count). The molecule has 0 aliphatic carbocycles. The fourth-order valence-electron chi connectivity index (χ4n) is 1.37. The number of hydrogen-bond donors (Lipinski definition) is 1. The van der Waals surface area contributed by atoms with Gasteiger partial charge in [-0.3, -0.25) is 10.1 Å². The predicted molar refractivity (Wildman–Crippen MR) is 71.0 cm³/mol. The number of aromatic nitrogens is 1. The number of benzene rings is 1. The minimum atomic E-state index is -0.164. The average molecular weight is 244 g/mol. The van der Waals surface area contributed by atoms with Gasteiger partial charge in [0.25, 0.3) is 0 Å². The summed E-state index contributed by atoms with van der Waals surface area (Å²) in [6.07, 6.45) is 4.98. The highest BCUT2D eigenvalue weighted by Crippen LogP contribution is 2.11. The molecule has 0 aliphatic heterocycles. The van der Waals surface area contributed by atoms with Crippen LogP contribution in [0.3, 0.4) is 0 Å². The zero-order valence-corrected chi connectivity index (χ0v) is 10.2. The maximum Gasteiger partial charge on any atom is 0.250 e. The first-order chi connectivity index (χ1) is 8.25. The van der Waals surface area contributed by atoms with Crippen molar-refractivity contribution >= 4 is 28.5 Å². The third kappa shape index (κ3) is 3.26. The molecule has 0 bridgehead atoms. The van der Waals surface area contributed by atoms with Crippen molar-refractivity contribution in [2.45, 2.75) is 6.92 Å². The fourth-order valence-corrected chi connectivity index (χ4v) is 1.90. The third-order valence-electron chi connectivity index (χ3n) is 2.27. The molecule has 1 amide bonds. The number of thiazole rings is 1. The Morgan fingerprint density at radius 1 is 1.41 bits per heavy atom. The summed E-state index contributed by atoms with van der Waals surface area (Å²) in [4.78, 5) is 15.5. The maximum atomic E-state index is 11.6. The number of rotatable bonds is 3. The third-order valence-corrected chi connectivity index (χ3v) is 2.95. The molecule has 1 N–H and O–H groups in total. The summed E-state index contributed by atoms with van der Waals surface area (Å²) in [5, 5.41) is 5.13. The van der Waals surface area contributed by atoms with Crippen LogP contribution >= 0.6 is 11.3 Å². The van der Waals surface area contributed by atoms with E-state index in [-0.39, 0.29) is 5.91 Å². The van der Waals surface area contributed by atoms with Gasteiger partial charge in [0.2, 0.25) is 5.91 Å². The van der Waals surface area contributed by atoms with Crippen LogP contribution < -0.4 is 5.32 Å². The lowest BCUT2D eigenvalue weighted by Gasteiger charge is -1.98. The van der Waals surface area contributed by atoms with E-state index in [4.69, 9.17) is 0 Å². The summed E-state index contributed by atoms with van der Waals surface area (Å²) in [5.41, 5.74) is 2.19. The van der Waals surface area contributed by atoms with E-state index in [0.717, 1.165) is 11.1 Å². The van der Waals surface area contributed by atoms with Crippen LogP contribution in [0.25, 0.3) is 6.08 Å². The Labute approximate surface area is 104 Å². The molecule has 2 aromatic rings. The van der Waals surface area contributed by atoms with Crippen LogP contribution in [0.2, 0.25) is 0 Å². The Hall–Kier alpha value is -1.94. The Morgan fingerprint density at radius 2 is 2.24 bits per heavy atom. The molecule has 0 spiro atoms. The molecule has 1 aromatic carbocycles. The van der Waals surface area contributed by atoms with Gasteiger partial charge in [-0.1, -0.05) is 24.3 Å². The highest BCUT2D eigenvalue weighted by atomic mass is 32.1. The number of amides is 1. The lowest BCUT2D eigenvalue weighted by Crippen LogP contribution is -2.07. The smallest absolute Gasteiger partial charge is 0.250 e. The molecule has 0 aliphatic rings. The SMILES string of the molecule is Cc1ccccc1C=CC(=O)Nc1nccs1. The Kier molecular flexibility index (Phi) is 3.67. The minimum absolute atomic E-state index is 0.164. The van der Waals surface area contributed by atoms with E-state index in [1.54, 1.807) is 12.3 Å². The van der Waals surface area contributed by atoms with Gasteiger partial charge >= 0.3 is 0 Å². The summed E-state index contributed by atoms with van der Waals surface area (Å²) in [6, 6.07) is 7.91. The Bertz CT molecular complexity index is 532. The van der Waals surface area contributed by atoms with Gasteiger partial charge in [0.15, 0.2) is 5.13 Å². The molecule has 0 unspecified atom stereocenters. The van der Waals surface area contributed by atoms with Crippen molar-refractivity contribution in [1.82, 2.24) is 4.98 Å². The Morgan fingerprint density at radius 3 is 2.94 bits per heavy atom. The van der Waals surface area contributed by atoms with E-state index in [0.29, 0.717) is 5.13 Å². The van der Waals surface area contributed by atoms with Crippen molar-refractivity contribution in [3.63, 3.8) is 0 Å². The van der Waals surface area contributed by atoms with Crippen molar-refractivity contribution in [2.24, 2.45) is 0 Å². The molecular weight excluding hydrogens is 232 g/mol. The van der Waals surface area contributed by atoms with Crippen molar-refractivity contribution in [3.8, 4) is 0 Å². The number of carbonyl (C=O) groups excluding carboxylic acids is 1. The summed E-state index contributed by atoms with van der Waals surface area (Å²) in [7, 11) is 0. The van der Waals surface area contributed by atoms with Crippen LogP contribution in [-0.4, -0.2) is 10.9 Å². The van der Waals surface area contributed by atoms with Crippen LogP contribution in [0.5, 0.6) is 0 Å². The van der Waals surface area contributed by atoms with E-state index >= 15 is 0 Å². The normalized spacial score (nSPS) is 10.6. The van der Waals surface area contributed by atoms with Crippen LogP contribution in [0, 0.1) is 6.92 Å². The number of hydrogen-bond acceptors (Lipinski definition) is 3. The molecule has 86 valence electrons. The van der Waals surface area contributed by atoms with Gasteiger partial charge in [-0.25, -0.2) is 4.98 Å². The number of nitrogens with zero attached hydrogens (tertiary/aromatic N) is 1. The molecule has 4 heteroatoms. The van der Waals surface area contributed by atoms with Crippen LogP contribution in [0.4, 0.5) is 5.13 Å². The standard InChI is InChI=1S/C13H12N2OS/c1-10-4-2-3-5-11(10)6-7-12(16)15-13-14-8-9-17-13/h2-9H,1H3,(H,14,15,16). The summed E-state index contributed by atoms with van der Waals surface area (Å²) in [6.45, 7) is 2.01. The van der Waals surface area contributed by atoms with Gasteiger partial charge < -0.3 is 0 Å². The first kappa shape index (κ1) is 11.5. The summed E-state index contributed by atoms with van der Waals surface area (Å²) >= 11 is 1.40. The van der Waals surface area contributed by atoms with Gasteiger partial charge in [-0.2, -0.15) is 0 Å². The molecule has 0 saturated carbocycles. The predicted octanol–water partition coefficient (Wildman–Crippen LogP) is 3.10. The zero-order chi connectivity index (χ0) is 12.1. The topological polar surface area (TPSA) is 42.0 Å². The van der Waals surface area contributed by atoms with Gasteiger partial charge in [-0.05, 0) is 24.1 Å². The molecule has 0 atom stereocenters. The van der Waals surface area contributed by atoms with Gasteiger partial charge in [0.05, 0.1) is 0 Å². The second kappa shape index (κ2) is 5.41. The minimum Gasteiger partial charge on any atom is -0.298 e. The van der Waals surface area contributed by atoms with Crippen molar-refractivity contribution in [1.29, 1.82) is 0 Å². The quantitative estimate of drug-likeness (QED) is 0.843. The largest absolute Gasteiger partial charge is 0.298 e. The van der Waals surface area contributed by atoms with E-state index in [9.17, 15) is 4.79 Å². The second-order valence-corrected chi connectivity index (χ2v) is 4.41. The highest BCUT2D eigenvalue weighted by molar-refractivity contribution is 7.13. The molecule has 1 aromatic heterocycles. The van der Waals surface area contributed by atoms with E-state index in [1.807, 2.05) is 36.6 Å². The number of aryl methyl sites for hydroxylation is 1. The van der Waals surface area contributed by atoms with Crippen molar-refractivity contribution < 1.29 is 4.79 Å². The number of carbonyl (C=O) groups is 1. The Balaban J connectivity index is 2.01. The molecule has 3 nitrogen and oxygen atoms in total. The first-order valence-corrected chi connectivity index (χ1v) is 6.08. The lowest BCUT2D eigenvalue weighted by atomic mass is 10.1. The zero-order valence-electron chi connectivity index (χ0n) is 9.38. The molecule has 0 radical (unpaired) electrons. The lowest BCUT2D eigenvalue weighted by molar-refractivity contribution is -0.111. The molecule has 0 fully saturated rings. The highest BCUT2D eigenvalue weighted by Gasteiger charge is 1.99. The average Bonchev–Trinajstić information content (AvgIpc) is 2.81. The number of anilines is 1. The maximum absolute atomic E-state index is 11.6. The number of nitrogens with one attached hydrogen (secondary N) is 1. The summed E-state index contributed by atoms with van der Waals surface area (Å²) in [5.74, 6) is -0.164. The van der Waals surface area contributed by atoms with E-state index in [1.165, 1.54) is 17.4 Å². The monoisotopic (exact) mass is 244 g/mol. The van der Waals surface area contributed by atoms with Crippen molar-refractivity contribution in [2.75, 3.05) is 5.32 Å².